The number of pyridine rings is 1. The highest BCUT2D eigenvalue weighted by Crippen LogP contribution is 2.26. The van der Waals surface area contributed by atoms with Crippen LogP contribution in [0, 0.1) is 13.8 Å². The van der Waals surface area contributed by atoms with Gasteiger partial charge in [0.25, 0.3) is 0 Å². The first kappa shape index (κ1) is 14.9. The lowest BCUT2D eigenvalue weighted by Crippen LogP contribution is -2.22. The number of thiazole rings is 1. The van der Waals surface area contributed by atoms with E-state index in [1.54, 1.807) is 18.4 Å². The molecule has 108 valence electrons. The normalized spacial score (nSPS) is 12.7. The minimum absolute atomic E-state index is 0.294. The smallest absolute Gasteiger partial charge is 0.212 e. The van der Waals surface area contributed by atoms with E-state index < -0.39 is 0 Å². The van der Waals surface area contributed by atoms with Crippen LogP contribution in [-0.2, 0) is 6.54 Å². The Balaban J connectivity index is 2.06. The first-order valence-corrected chi connectivity index (χ1v) is 7.46. The van der Waals surface area contributed by atoms with E-state index in [1.165, 1.54) is 16.1 Å². The summed E-state index contributed by atoms with van der Waals surface area (Å²) in [4.78, 5) is 12.5. The number of ether oxygens (including phenoxy) is 1. The van der Waals surface area contributed by atoms with Crippen molar-refractivity contribution in [3.63, 3.8) is 0 Å². The monoisotopic (exact) mass is 291 g/mol. The molecule has 0 aliphatic rings. The third-order valence-electron chi connectivity index (χ3n) is 3.44. The Kier molecular flexibility index (Phi) is 4.73. The summed E-state index contributed by atoms with van der Waals surface area (Å²) in [7, 11) is 3.74. The van der Waals surface area contributed by atoms with E-state index in [0.29, 0.717) is 11.9 Å². The standard InChI is InChI=1S/C15H21N3OS/c1-10(15-11(2)20-12(3)17-15)18(4)9-13-6-7-14(19-5)16-8-13/h6-8,10H,9H2,1-5H3. The summed E-state index contributed by atoms with van der Waals surface area (Å²) in [5.74, 6) is 0.649. The number of nitrogens with zero attached hydrogens (tertiary/aromatic N) is 3. The van der Waals surface area contributed by atoms with Gasteiger partial charge in [0.1, 0.15) is 0 Å². The molecule has 0 aliphatic heterocycles. The molecule has 0 amide bonds. The fourth-order valence-corrected chi connectivity index (χ4v) is 3.10. The predicted octanol–water partition coefficient (Wildman–Crippen LogP) is 3.36. The molecule has 0 saturated heterocycles. The molecule has 5 heteroatoms. The molecule has 4 nitrogen and oxygen atoms in total. The fourth-order valence-electron chi connectivity index (χ4n) is 2.19. The average molecular weight is 291 g/mol. The van der Waals surface area contributed by atoms with Crippen molar-refractivity contribution in [2.45, 2.75) is 33.4 Å². The van der Waals surface area contributed by atoms with Gasteiger partial charge in [-0.05, 0) is 33.4 Å². The second kappa shape index (κ2) is 6.33. The van der Waals surface area contributed by atoms with Crippen LogP contribution in [0.4, 0.5) is 0 Å². The lowest BCUT2D eigenvalue weighted by atomic mass is 10.1. The fraction of sp³-hybridized carbons (Fsp3) is 0.467. The van der Waals surface area contributed by atoms with Crippen LogP contribution in [0.1, 0.15) is 34.1 Å². The molecule has 2 heterocycles. The van der Waals surface area contributed by atoms with Gasteiger partial charge in [-0.25, -0.2) is 9.97 Å². The van der Waals surface area contributed by atoms with E-state index in [1.807, 2.05) is 18.3 Å². The molecule has 0 bridgehead atoms. The summed E-state index contributed by atoms with van der Waals surface area (Å²) in [6.45, 7) is 7.23. The Bertz CT molecular complexity index is 565. The maximum Gasteiger partial charge on any atom is 0.212 e. The lowest BCUT2D eigenvalue weighted by Gasteiger charge is -2.24. The Morgan fingerprint density at radius 3 is 2.60 bits per heavy atom. The second-order valence-electron chi connectivity index (χ2n) is 4.97. The highest BCUT2D eigenvalue weighted by Gasteiger charge is 2.17. The molecule has 0 aromatic carbocycles. The van der Waals surface area contributed by atoms with Gasteiger partial charge in [0.05, 0.1) is 23.9 Å². The van der Waals surface area contributed by atoms with Gasteiger partial charge in [0.2, 0.25) is 5.88 Å². The molecule has 1 unspecified atom stereocenters. The third kappa shape index (κ3) is 3.35. The van der Waals surface area contributed by atoms with Gasteiger partial charge < -0.3 is 4.74 Å². The van der Waals surface area contributed by atoms with Crippen molar-refractivity contribution < 1.29 is 4.74 Å². The van der Waals surface area contributed by atoms with Crippen LogP contribution < -0.4 is 4.74 Å². The zero-order valence-corrected chi connectivity index (χ0v) is 13.5. The molecule has 2 aromatic heterocycles. The largest absolute Gasteiger partial charge is 0.481 e. The molecule has 0 spiro atoms. The van der Waals surface area contributed by atoms with Crippen molar-refractivity contribution in [1.29, 1.82) is 0 Å². The molecule has 1 atom stereocenters. The van der Waals surface area contributed by atoms with E-state index in [0.717, 1.165) is 11.6 Å². The van der Waals surface area contributed by atoms with Gasteiger partial charge in [-0.1, -0.05) is 6.07 Å². The van der Waals surface area contributed by atoms with Gasteiger partial charge in [-0.2, -0.15) is 0 Å². The first-order valence-electron chi connectivity index (χ1n) is 6.64. The van der Waals surface area contributed by atoms with Crippen LogP contribution in [0.25, 0.3) is 0 Å². The molecule has 0 N–H and O–H groups in total. The third-order valence-corrected chi connectivity index (χ3v) is 4.34. The number of hydrogen-bond acceptors (Lipinski definition) is 5. The molecule has 0 fully saturated rings. The lowest BCUT2D eigenvalue weighted by molar-refractivity contribution is 0.248. The van der Waals surface area contributed by atoms with Crippen LogP contribution in [0.3, 0.4) is 0 Å². The Morgan fingerprint density at radius 2 is 2.10 bits per heavy atom. The van der Waals surface area contributed by atoms with Crippen molar-refractivity contribution in [1.82, 2.24) is 14.9 Å². The van der Waals surface area contributed by atoms with Crippen LogP contribution in [0.2, 0.25) is 0 Å². The van der Waals surface area contributed by atoms with Crippen LogP contribution >= 0.6 is 11.3 Å². The molecular weight excluding hydrogens is 270 g/mol. The van der Waals surface area contributed by atoms with Gasteiger partial charge in [-0.3, -0.25) is 4.90 Å². The van der Waals surface area contributed by atoms with Crippen molar-refractivity contribution in [2.75, 3.05) is 14.2 Å². The van der Waals surface area contributed by atoms with E-state index in [-0.39, 0.29) is 0 Å². The second-order valence-corrected chi connectivity index (χ2v) is 6.38. The quantitative estimate of drug-likeness (QED) is 0.846. The summed E-state index contributed by atoms with van der Waals surface area (Å²) in [5.41, 5.74) is 2.35. The first-order chi connectivity index (χ1) is 9.51. The highest BCUT2D eigenvalue weighted by molar-refractivity contribution is 7.11. The summed E-state index contributed by atoms with van der Waals surface area (Å²) in [6, 6.07) is 4.24. The van der Waals surface area contributed by atoms with E-state index in [4.69, 9.17) is 4.74 Å². The van der Waals surface area contributed by atoms with Crippen molar-refractivity contribution in [3.05, 3.63) is 39.5 Å². The zero-order chi connectivity index (χ0) is 14.7. The summed E-state index contributed by atoms with van der Waals surface area (Å²) >= 11 is 1.76. The topological polar surface area (TPSA) is 38.2 Å². The molecular formula is C15H21N3OS. The molecule has 0 saturated carbocycles. The summed E-state index contributed by atoms with van der Waals surface area (Å²) in [6.07, 6.45) is 1.86. The molecule has 2 rings (SSSR count). The molecule has 0 radical (unpaired) electrons. The van der Waals surface area contributed by atoms with Gasteiger partial charge >= 0.3 is 0 Å². The maximum absolute atomic E-state index is 5.08. The van der Waals surface area contributed by atoms with Crippen LogP contribution in [-0.4, -0.2) is 29.0 Å². The van der Waals surface area contributed by atoms with Gasteiger partial charge in [0.15, 0.2) is 0 Å². The van der Waals surface area contributed by atoms with E-state index in [2.05, 4.69) is 42.7 Å². The maximum atomic E-state index is 5.08. The van der Waals surface area contributed by atoms with Crippen molar-refractivity contribution in [3.8, 4) is 5.88 Å². The van der Waals surface area contributed by atoms with Gasteiger partial charge in [0, 0.05) is 23.7 Å². The minimum atomic E-state index is 0.294. The molecule has 2 aromatic rings. The van der Waals surface area contributed by atoms with Crippen molar-refractivity contribution >= 4 is 11.3 Å². The van der Waals surface area contributed by atoms with Crippen LogP contribution in [0.15, 0.2) is 18.3 Å². The molecule has 20 heavy (non-hydrogen) atoms. The predicted molar refractivity (Wildman–Crippen MR) is 82.3 cm³/mol. The number of rotatable bonds is 5. The SMILES string of the molecule is COc1ccc(CN(C)C(C)c2nc(C)sc2C)cn1. The van der Waals surface area contributed by atoms with Crippen molar-refractivity contribution in [2.24, 2.45) is 0 Å². The highest BCUT2D eigenvalue weighted by atomic mass is 32.1. The Hall–Kier alpha value is -1.46. The number of methoxy groups -OCH3 is 1. The van der Waals surface area contributed by atoms with Crippen LogP contribution in [0.5, 0.6) is 5.88 Å². The zero-order valence-electron chi connectivity index (χ0n) is 12.7. The Labute approximate surface area is 124 Å². The van der Waals surface area contributed by atoms with Gasteiger partial charge in [-0.15, -0.1) is 11.3 Å². The average Bonchev–Trinajstić information content (AvgIpc) is 2.77. The number of aromatic nitrogens is 2. The van der Waals surface area contributed by atoms with E-state index in [9.17, 15) is 0 Å². The number of aryl methyl sites for hydroxylation is 2. The minimum Gasteiger partial charge on any atom is -0.481 e. The molecule has 0 aliphatic carbocycles. The summed E-state index contributed by atoms with van der Waals surface area (Å²) < 4.78 is 5.08. The Morgan fingerprint density at radius 1 is 1.35 bits per heavy atom. The summed E-state index contributed by atoms with van der Waals surface area (Å²) in [5, 5.41) is 1.13. The number of hydrogen-bond donors (Lipinski definition) is 0. The van der Waals surface area contributed by atoms with E-state index >= 15 is 0 Å².